The Balaban J connectivity index is 0.000000346. The Kier molecular flexibility index (Phi) is 11.3. The second-order valence-corrected chi connectivity index (χ2v) is 6.44. The standard InChI is InChI=1S/C15H20O4.C8H8O3/c1-12(17)6-4-3-5-9-19-14-8-7-13(11-16)10-15(14)18-2;1-11-8-4-6(5-9)2-3-7(8)10/h7-8,10-11H,3-6,9H2,1-2H3;2-5,10H,1H3. The lowest BCUT2D eigenvalue weighted by atomic mass is 10.1. The van der Waals surface area contributed by atoms with Gasteiger partial charge in [-0.3, -0.25) is 9.59 Å². The van der Waals surface area contributed by atoms with Gasteiger partial charge in [-0.05, 0) is 62.6 Å². The maximum Gasteiger partial charge on any atom is 0.161 e. The van der Waals surface area contributed by atoms with Crippen LogP contribution in [0.1, 0.15) is 53.3 Å². The van der Waals surface area contributed by atoms with E-state index in [-0.39, 0.29) is 11.5 Å². The number of rotatable bonds is 11. The number of ether oxygens (including phenoxy) is 3. The number of Topliss-reactive ketones (excluding diaryl/α,β-unsaturated/α-hetero) is 1. The number of methoxy groups -OCH3 is 2. The summed E-state index contributed by atoms with van der Waals surface area (Å²) >= 11 is 0. The third-order valence-corrected chi connectivity index (χ3v) is 4.09. The van der Waals surface area contributed by atoms with Gasteiger partial charge in [0, 0.05) is 17.5 Å². The summed E-state index contributed by atoms with van der Waals surface area (Å²) in [6.45, 7) is 2.19. The van der Waals surface area contributed by atoms with Crippen molar-refractivity contribution >= 4 is 18.4 Å². The topological polar surface area (TPSA) is 99.1 Å². The molecule has 2 aromatic rings. The molecule has 0 unspecified atom stereocenters. The van der Waals surface area contributed by atoms with Gasteiger partial charge in [0.1, 0.15) is 18.4 Å². The van der Waals surface area contributed by atoms with Crippen LogP contribution in [0, 0.1) is 0 Å². The number of unbranched alkanes of at least 4 members (excludes halogenated alkanes) is 2. The van der Waals surface area contributed by atoms with E-state index in [0.717, 1.165) is 25.5 Å². The zero-order valence-corrected chi connectivity index (χ0v) is 17.6. The number of carbonyl (C=O) groups is 3. The number of phenols is 1. The molecule has 0 saturated heterocycles. The highest BCUT2D eigenvalue weighted by Crippen LogP contribution is 2.28. The number of hydrogen-bond acceptors (Lipinski definition) is 7. The summed E-state index contributed by atoms with van der Waals surface area (Å²) in [5.41, 5.74) is 1.05. The van der Waals surface area contributed by atoms with Crippen molar-refractivity contribution in [3.8, 4) is 23.0 Å². The van der Waals surface area contributed by atoms with Gasteiger partial charge >= 0.3 is 0 Å². The molecule has 0 heterocycles. The van der Waals surface area contributed by atoms with Gasteiger partial charge in [0.25, 0.3) is 0 Å². The van der Waals surface area contributed by atoms with Crippen LogP contribution in [0.3, 0.4) is 0 Å². The SMILES string of the molecule is COc1cc(C=O)ccc1O.COc1cc(C=O)ccc1OCCCCCC(C)=O. The predicted molar refractivity (Wildman–Crippen MR) is 113 cm³/mol. The van der Waals surface area contributed by atoms with Gasteiger partial charge in [-0.15, -0.1) is 0 Å². The molecule has 0 atom stereocenters. The minimum Gasteiger partial charge on any atom is -0.504 e. The second-order valence-electron chi connectivity index (χ2n) is 6.44. The number of benzene rings is 2. The third-order valence-electron chi connectivity index (χ3n) is 4.09. The maximum absolute atomic E-state index is 10.8. The Morgan fingerprint density at radius 2 is 1.47 bits per heavy atom. The lowest BCUT2D eigenvalue weighted by Crippen LogP contribution is -2.00. The summed E-state index contributed by atoms with van der Waals surface area (Å²) in [5.74, 6) is 1.78. The fourth-order valence-corrected chi connectivity index (χ4v) is 2.48. The predicted octanol–water partition coefficient (Wildman–Crippen LogP) is 4.25. The van der Waals surface area contributed by atoms with E-state index >= 15 is 0 Å². The van der Waals surface area contributed by atoms with Crippen LogP contribution in [0.25, 0.3) is 0 Å². The molecule has 0 amide bonds. The Morgan fingerprint density at radius 1 is 0.867 bits per heavy atom. The van der Waals surface area contributed by atoms with Crippen LogP contribution in [0.5, 0.6) is 23.0 Å². The van der Waals surface area contributed by atoms with E-state index in [4.69, 9.17) is 19.3 Å². The number of phenolic OH excluding ortho intramolecular Hbond substituents is 1. The molecule has 0 fully saturated rings. The van der Waals surface area contributed by atoms with Gasteiger partial charge in [-0.25, -0.2) is 0 Å². The number of aromatic hydroxyl groups is 1. The van der Waals surface area contributed by atoms with Crippen LogP contribution in [0.15, 0.2) is 36.4 Å². The first-order valence-corrected chi connectivity index (χ1v) is 9.52. The van der Waals surface area contributed by atoms with Crippen molar-refractivity contribution in [1.29, 1.82) is 0 Å². The lowest BCUT2D eigenvalue weighted by molar-refractivity contribution is -0.117. The average Bonchev–Trinajstić information content (AvgIpc) is 2.76. The van der Waals surface area contributed by atoms with Crippen molar-refractivity contribution in [2.75, 3.05) is 20.8 Å². The van der Waals surface area contributed by atoms with E-state index in [0.29, 0.717) is 47.7 Å². The fourth-order valence-electron chi connectivity index (χ4n) is 2.48. The molecule has 0 aromatic heterocycles. The molecule has 0 aliphatic heterocycles. The van der Waals surface area contributed by atoms with Crippen molar-refractivity contribution < 1.29 is 33.7 Å². The minimum absolute atomic E-state index is 0.0399. The van der Waals surface area contributed by atoms with Gasteiger partial charge in [0.05, 0.1) is 20.8 Å². The smallest absolute Gasteiger partial charge is 0.161 e. The number of carbonyl (C=O) groups excluding carboxylic acids is 3. The first kappa shape index (κ1) is 24.7. The Hall–Kier alpha value is -3.35. The van der Waals surface area contributed by atoms with Crippen LogP contribution in [-0.2, 0) is 4.79 Å². The summed E-state index contributed by atoms with van der Waals surface area (Å²) in [6.07, 6.45) is 4.87. The summed E-state index contributed by atoms with van der Waals surface area (Å²) in [7, 11) is 2.98. The molecule has 2 rings (SSSR count). The van der Waals surface area contributed by atoms with Gasteiger partial charge < -0.3 is 24.1 Å². The molecule has 0 spiro atoms. The van der Waals surface area contributed by atoms with Gasteiger partial charge in [0.2, 0.25) is 0 Å². The van der Waals surface area contributed by atoms with E-state index in [2.05, 4.69) is 0 Å². The molecular weight excluding hydrogens is 388 g/mol. The van der Waals surface area contributed by atoms with Gasteiger partial charge in [-0.2, -0.15) is 0 Å². The third kappa shape index (κ3) is 8.77. The van der Waals surface area contributed by atoms with E-state index in [1.807, 2.05) is 0 Å². The maximum atomic E-state index is 10.8. The summed E-state index contributed by atoms with van der Waals surface area (Å²) in [5, 5.41) is 9.09. The highest BCUT2D eigenvalue weighted by Gasteiger charge is 2.05. The monoisotopic (exact) mass is 416 g/mol. The number of ketones is 1. The Morgan fingerprint density at radius 3 is 2.03 bits per heavy atom. The molecule has 0 bridgehead atoms. The average molecular weight is 416 g/mol. The molecule has 7 heteroatoms. The summed E-state index contributed by atoms with van der Waals surface area (Å²) in [4.78, 5) is 31.7. The largest absolute Gasteiger partial charge is 0.504 e. The van der Waals surface area contributed by atoms with E-state index in [1.165, 1.54) is 25.3 Å². The van der Waals surface area contributed by atoms with Crippen molar-refractivity contribution in [2.45, 2.75) is 32.6 Å². The highest BCUT2D eigenvalue weighted by atomic mass is 16.5. The highest BCUT2D eigenvalue weighted by molar-refractivity contribution is 5.77. The zero-order chi connectivity index (χ0) is 22.4. The first-order valence-electron chi connectivity index (χ1n) is 9.52. The molecule has 30 heavy (non-hydrogen) atoms. The molecule has 162 valence electrons. The van der Waals surface area contributed by atoms with Crippen LogP contribution in [-0.4, -0.2) is 44.3 Å². The van der Waals surface area contributed by atoms with Gasteiger partial charge in [0.15, 0.2) is 23.0 Å². The molecule has 0 radical (unpaired) electrons. The fraction of sp³-hybridized carbons (Fsp3) is 0.348. The number of hydrogen-bond donors (Lipinski definition) is 1. The first-order chi connectivity index (χ1) is 14.4. The molecule has 0 saturated carbocycles. The van der Waals surface area contributed by atoms with Crippen LogP contribution < -0.4 is 14.2 Å². The molecule has 0 aliphatic carbocycles. The molecule has 0 aliphatic rings. The molecular formula is C23H28O7. The second kappa shape index (κ2) is 13.8. The van der Waals surface area contributed by atoms with E-state index in [9.17, 15) is 14.4 Å². The van der Waals surface area contributed by atoms with Crippen LogP contribution in [0.2, 0.25) is 0 Å². The molecule has 7 nitrogen and oxygen atoms in total. The molecule has 1 N–H and O–H groups in total. The van der Waals surface area contributed by atoms with Crippen molar-refractivity contribution in [3.05, 3.63) is 47.5 Å². The minimum atomic E-state index is 0.0399. The zero-order valence-electron chi connectivity index (χ0n) is 17.6. The number of aldehydes is 2. The summed E-state index contributed by atoms with van der Waals surface area (Å²) in [6, 6.07) is 9.49. The summed E-state index contributed by atoms with van der Waals surface area (Å²) < 4.78 is 15.6. The Bertz CT molecular complexity index is 830. The normalized spacial score (nSPS) is 9.70. The Labute approximate surface area is 176 Å². The van der Waals surface area contributed by atoms with E-state index < -0.39 is 0 Å². The van der Waals surface area contributed by atoms with Gasteiger partial charge in [-0.1, -0.05) is 0 Å². The van der Waals surface area contributed by atoms with Crippen molar-refractivity contribution in [1.82, 2.24) is 0 Å². The lowest BCUT2D eigenvalue weighted by Gasteiger charge is -2.10. The quantitative estimate of drug-likeness (QED) is 0.432. The van der Waals surface area contributed by atoms with Crippen molar-refractivity contribution in [2.24, 2.45) is 0 Å². The van der Waals surface area contributed by atoms with Crippen LogP contribution >= 0.6 is 0 Å². The molecule has 2 aromatic carbocycles. The van der Waals surface area contributed by atoms with Crippen molar-refractivity contribution in [3.63, 3.8) is 0 Å². The van der Waals surface area contributed by atoms with E-state index in [1.54, 1.807) is 32.2 Å². The van der Waals surface area contributed by atoms with Crippen LogP contribution in [0.4, 0.5) is 0 Å².